The van der Waals surface area contributed by atoms with E-state index in [-0.39, 0.29) is 24.7 Å². The van der Waals surface area contributed by atoms with Crippen molar-refractivity contribution in [1.29, 1.82) is 5.26 Å². The Kier molecular flexibility index (Phi) is 9.21. The van der Waals surface area contributed by atoms with Gasteiger partial charge in [-0.3, -0.25) is 9.59 Å². The van der Waals surface area contributed by atoms with Crippen molar-refractivity contribution in [2.24, 2.45) is 0 Å². The van der Waals surface area contributed by atoms with Crippen molar-refractivity contribution in [3.8, 4) is 6.07 Å². The van der Waals surface area contributed by atoms with Crippen LogP contribution in [-0.4, -0.2) is 36.5 Å². The zero-order valence-corrected chi connectivity index (χ0v) is 14.6. The van der Waals surface area contributed by atoms with Gasteiger partial charge in [0.05, 0.1) is 25.5 Å². The van der Waals surface area contributed by atoms with Gasteiger partial charge in [-0.05, 0) is 32.3 Å². The van der Waals surface area contributed by atoms with Gasteiger partial charge in [0.2, 0.25) is 5.91 Å². The van der Waals surface area contributed by atoms with Gasteiger partial charge in [-0.25, -0.2) is 0 Å². The summed E-state index contributed by atoms with van der Waals surface area (Å²) in [5.41, 5.74) is 2.43. The van der Waals surface area contributed by atoms with E-state index in [9.17, 15) is 9.59 Å². The van der Waals surface area contributed by atoms with Gasteiger partial charge in [0.25, 0.3) is 0 Å². The Morgan fingerprint density at radius 1 is 1.17 bits per heavy atom. The molecule has 5 heteroatoms. The van der Waals surface area contributed by atoms with Crippen molar-refractivity contribution < 1.29 is 14.3 Å². The van der Waals surface area contributed by atoms with Crippen LogP contribution in [0.25, 0.3) is 0 Å². The summed E-state index contributed by atoms with van der Waals surface area (Å²) in [6, 6.07) is 10.3. The van der Waals surface area contributed by atoms with Crippen LogP contribution in [0.4, 0.5) is 0 Å². The molecule has 1 aromatic rings. The lowest BCUT2D eigenvalue weighted by molar-refractivity contribution is -0.144. The van der Waals surface area contributed by atoms with Crippen molar-refractivity contribution in [1.82, 2.24) is 4.90 Å². The van der Waals surface area contributed by atoms with E-state index in [0.717, 1.165) is 12.8 Å². The summed E-state index contributed by atoms with van der Waals surface area (Å²) >= 11 is 0. The maximum Gasteiger partial charge on any atom is 0.307 e. The highest BCUT2D eigenvalue weighted by molar-refractivity contribution is 5.77. The van der Waals surface area contributed by atoms with Gasteiger partial charge in [-0.2, -0.15) is 5.26 Å². The molecule has 0 saturated carbocycles. The molecule has 0 radical (unpaired) electrons. The molecule has 0 saturated heterocycles. The number of carbonyl (C=O) groups excluding carboxylic acids is 2. The van der Waals surface area contributed by atoms with Crippen molar-refractivity contribution in [2.75, 3.05) is 19.7 Å². The minimum Gasteiger partial charge on any atom is -0.466 e. The first-order chi connectivity index (χ1) is 11.6. The Labute approximate surface area is 144 Å². The molecular formula is C19H26N2O3. The van der Waals surface area contributed by atoms with Crippen molar-refractivity contribution in [3.63, 3.8) is 0 Å². The van der Waals surface area contributed by atoms with E-state index in [2.05, 4.69) is 24.3 Å². The standard InChI is InChI=1S/C19H26N2O3/c1-3-24-19(23)12-15-21(14-5-13-20)18(22)7-4-6-17-10-8-16(2)9-11-17/h8-11H,3-7,12,14-15H2,1-2H3. The molecule has 0 N–H and O–H groups in total. The third-order valence-electron chi connectivity index (χ3n) is 3.71. The molecule has 5 nitrogen and oxygen atoms in total. The van der Waals surface area contributed by atoms with Gasteiger partial charge >= 0.3 is 5.97 Å². The maximum absolute atomic E-state index is 12.3. The lowest BCUT2D eigenvalue weighted by atomic mass is 10.1. The highest BCUT2D eigenvalue weighted by atomic mass is 16.5. The minimum absolute atomic E-state index is 0.0124. The van der Waals surface area contributed by atoms with Gasteiger partial charge in [-0.1, -0.05) is 29.8 Å². The first-order valence-corrected chi connectivity index (χ1v) is 8.42. The predicted molar refractivity (Wildman–Crippen MR) is 92.2 cm³/mol. The SMILES string of the molecule is CCOC(=O)CCN(CCC#N)C(=O)CCCc1ccc(C)cc1. The fourth-order valence-electron chi connectivity index (χ4n) is 2.36. The lowest BCUT2D eigenvalue weighted by Crippen LogP contribution is -2.34. The Balaban J connectivity index is 2.43. The summed E-state index contributed by atoms with van der Waals surface area (Å²) in [6.45, 7) is 4.80. The topological polar surface area (TPSA) is 70.4 Å². The molecule has 0 heterocycles. The van der Waals surface area contributed by atoms with E-state index in [4.69, 9.17) is 10.00 Å². The lowest BCUT2D eigenvalue weighted by Gasteiger charge is -2.21. The van der Waals surface area contributed by atoms with Gasteiger partial charge in [0.1, 0.15) is 0 Å². The monoisotopic (exact) mass is 330 g/mol. The van der Waals surface area contributed by atoms with Crippen LogP contribution in [0.5, 0.6) is 0 Å². The van der Waals surface area contributed by atoms with Gasteiger partial charge in [0, 0.05) is 19.5 Å². The quantitative estimate of drug-likeness (QED) is 0.618. The van der Waals surface area contributed by atoms with Crippen LogP contribution in [0.3, 0.4) is 0 Å². The normalized spacial score (nSPS) is 10.0. The van der Waals surface area contributed by atoms with Gasteiger partial charge in [-0.15, -0.1) is 0 Å². The van der Waals surface area contributed by atoms with Crippen LogP contribution in [0.15, 0.2) is 24.3 Å². The average Bonchev–Trinajstić information content (AvgIpc) is 2.57. The number of carbonyl (C=O) groups is 2. The summed E-state index contributed by atoms with van der Waals surface area (Å²) in [5.74, 6) is -0.325. The van der Waals surface area contributed by atoms with E-state index in [1.807, 2.05) is 13.0 Å². The van der Waals surface area contributed by atoms with E-state index < -0.39 is 0 Å². The zero-order valence-electron chi connectivity index (χ0n) is 14.6. The molecule has 1 aromatic carbocycles. The number of hydrogen-bond acceptors (Lipinski definition) is 4. The van der Waals surface area contributed by atoms with Gasteiger partial charge in [0.15, 0.2) is 0 Å². The van der Waals surface area contributed by atoms with Crippen molar-refractivity contribution in [3.05, 3.63) is 35.4 Å². The number of aryl methyl sites for hydroxylation is 2. The summed E-state index contributed by atoms with van der Waals surface area (Å²) < 4.78 is 4.88. The van der Waals surface area contributed by atoms with Crippen LogP contribution in [0.2, 0.25) is 0 Å². The molecule has 0 aliphatic heterocycles. The number of esters is 1. The third kappa shape index (κ3) is 7.77. The first kappa shape index (κ1) is 19.7. The van der Waals surface area contributed by atoms with Crippen LogP contribution in [0, 0.1) is 18.3 Å². The molecule has 0 bridgehead atoms. The molecule has 0 aliphatic carbocycles. The molecule has 0 fully saturated rings. The molecule has 0 unspecified atom stereocenters. The van der Waals surface area contributed by atoms with Crippen LogP contribution in [0.1, 0.15) is 43.7 Å². The Morgan fingerprint density at radius 3 is 2.50 bits per heavy atom. The number of benzene rings is 1. The van der Waals surface area contributed by atoms with E-state index in [1.165, 1.54) is 11.1 Å². The number of rotatable bonds is 10. The van der Waals surface area contributed by atoms with Crippen molar-refractivity contribution in [2.45, 2.75) is 46.0 Å². The third-order valence-corrected chi connectivity index (χ3v) is 3.71. The smallest absolute Gasteiger partial charge is 0.307 e. The number of hydrogen-bond donors (Lipinski definition) is 0. The summed E-state index contributed by atoms with van der Waals surface area (Å²) in [7, 11) is 0. The van der Waals surface area contributed by atoms with E-state index in [0.29, 0.717) is 26.1 Å². The van der Waals surface area contributed by atoms with Crippen LogP contribution in [-0.2, 0) is 20.7 Å². The second-order valence-electron chi connectivity index (χ2n) is 5.68. The van der Waals surface area contributed by atoms with E-state index >= 15 is 0 Å². The highest BCUT2D eigenvalue weighted by Crippen LogP contribution is 2.09. The fraction of sp³-hybridized carbons (Fsp3) is 0.526. The molecule has 0 spiro atoms. The van der Waals surface area contributed by atoms with Gasteiger partial charge < -0.3 is 9.64 Å². The molecule has 1 rings (SSSR count). The molecule has 1 amide bonds. The molecule has 24 heavy (non-hydrogen) atoms. The second-order valence-corrected chi connectivity index (χ2v) is 5.68. The Morgan fingerprint density at radius 2 is 1.88 bits per heavy atom. The molecule has 0 aromatic heterocycles. The largest absolute Gasteiger partial charge is 0.466 e. The zero-order chi connectivity index (χ0) is 17.8. The minimum atomic E-state index is -0.313. The second kappa shape index (κ2) is 11.2. The average molecular weight is 330 g/mol. The molecular weight excluding hydrogens is 304 g/mol. The Hall–Kier alpha value is -2.35. The first-order valence-electron chi connectivity index (χ1n) is 8.42. The molecule has 0 aliphatic rings. The summed E-state index contributed by atoms with van der Waals surface area (Å²) in [6.07, 6.45) is 2.46. The van der Waals surface area contributed by atoms with Crippen LogP contribution >= 0.6 is 0 Å². The maximum atomic E-state index is 12.3. The Bertz CT molecular complexity index is 561. The number of ether oxygens (including phenoxy) is 1. The van der Waals surface area contributed by atoms with Crippen LogP contribution < -0.4 is 0 Å². The van der Waals surface area contributed by atoms with Crippen molar-refractivity contribution >= 4 is 11.9 Å². The highest BCUT2D eigenvalue weighted by Gasteiger charge is 2.15. The number of amides is 1. The fourth-order valence-corrected chi connectivity index (χ4v) is 2.36. The van der Waals surface area contributed by atoms with E-state index in [1.54, 1.807) is 11.8 Å². The molecule has 130 valence electrons. The predicted octanol–water partition coefficient (Wildman–Crippen LogP) is 3.01. The number of nitrogens with zero attached hydrogens (tertiary/aromatic N) is 2. The summed E-state index contributed by atoms with van der Waals surface area (Å²) in [4.78, 5) is 25.4. The summed E-state index contributed by atoms with van der Waals surface area (Å²) in [5, 5.41) is 8.73. The number of nitriles is 1. The molecule has 0 atom stereocenters.